The molecule has 1 aromatic rings. The van der Waals surface area contributed by atoms with Crippen LogP contribution in [0.3, 0.4) is 0 Å². The second-order valence-corrected chi connectivity index (χ2v) is 4.33. The summed E-state index contributed by atoms with van der Waals surface area (Å²) in [5.41, 5.74) is 0. The van der Waals surface area contributed by atoms with Gasteiger partial charge in [0.25, 0.3) is 0 Å². The van der Waals surface area contributed by atoms with Crippen molar-refractivity contribution in [3.63, 3.8) is 0 Å². The van der Waals surface area contributed by atoms with Crippen LogP contribution in [-0.4, -0.2) is 13.5 Å². The molecule has 1 aromatic heterocycles. The highest BCUT2D eigenvalue weighted by molar-refractivity contribution is 7.70. The molecule has 0 fully saturated rings. The first-order chi connectivity index (χ1) is 5.59. The van der Waals surface area contributed by atoms with E-state index in [9.17, 15) is 13.5 Å². The largest absolute Gasteiger partial charge is 0.372 e. The Labute approximate surface area is 75.9 Å². The predicted octanol–water partition coefficient (Wildman–Crippen LogP) is 0.163. The topological polar surface area (TPSA) is 66.4 Å². The lowest BCUT2D eigenvalue weighted by molar-refractivity contribution is 0.171. The summed E-state index contributed by atoms with van der Waals surface area (Å²) in [5, 5.41) is 9.22. The van der Waals surface area contributed by atoms with Crippen molar-refractivity contribution in [2.75, 3.05) is 0 Å². The van der Waals surface area contributed by atoms with Gasteiger partial charge >= 0.3 is 0 Å². The predicted molar refractivity (Wildman–Crippen MR) is 47.5 cm³/mol. The molecule has 0 aliphatic heterocycles. The van der Waals surface area contributed by atoms with E-state index in [1.54, 1.807) is 6.07 Å². The maximum Gasteiger partial charge on any atom is 0.203 e. The molecule has 1 heterocycles. The van der Waals surface area contributed by atoms with Crippen LogP contribution in [-0.2, 0) is 10.9 Å². The Morgan fingerprint density at radius 1 is 1.58 bits per heavy atom. The summed E-state index contributed by atoms with van der Waals surface area (Å²) in [6.07, 6.45) is -1.11. The minimum atomic E-state index is -2.75. The van der Waals surface area contributed by atoms with Crippen molar-refractivity contribution in [1.29, 1.82) is 0 Å². The van der Waals surface area contributed by atoms with Gasteiger partial charge in [-0.25, -0.2) is 8.42 Å². The fraction of sp³-hybridized carbons (Fsp3) is 0.333. The lowest BCUT2D eigenvalue weighted by Crippen LogP contribution is -2.17. The fourth-order valence-corrected chi connectivity index (χ4v) is 2.00. The molecule has 0 aliphatic rings. The first kappa shape index (κ1) is 9.66. The highest BCUT2D eigenvalue weighted by Crippen LogP contribution is 2.20. The molecular weight excluding hydrogens is 198 g/mol. The van der Waals surface area contributed by atoms with Gasteiger partial charge in [-0.05, 0) is 19.1 Å². The molecule has 1 atom stereocenters. The van der Waals surface area contributed by atoms with E-state index in [0.717, 1.165) is 4.88 Å². The third-order valence-corrected chi connectivity index (χ3v) is 2.77. The van der Waals surface area contributed by atoms with Gasteiger partial charge in [-0.2, -0.15) is 4.72 Å². The molecule has 0 aromatic carbocycles. The smallest absolute Gasteiger partial charge is 0.203 e. The van der Waals surface area contributed by atoms with Gasteiger partial charge in [0.1, 0.15) is 0 Å². The van der Waals surface area contributed by atoms with E-state index in [4.69, 9.17) is 0 Å². The van der Waals surface area contributed by atoms with Gasteiger partial charge in [-0.1, -0.05) is 0 Å². The zero-order valence-corrected chi connectivity index (χ0v) is 8.06. The van der Waals surface area contributed by atoms with Crippen LogP contribution in [0.2, 0.25) is 0 Å². The third-order valence-electron chi connectivity index (χ3n) is 1.26. The van der Waals surface area contributed by atoms with Crippen LogP contribution in [0.5, 0.6) is 0 Å². The van der Waals surface area contributed by atoms with E-state index in [1.165, 1.54) is 11.3 Å². The first-order valence-corrected chi connectivity index (χ1v) is 5.24. The molecule has 0 spiro atoms. The molecule has 68 valence electrons. The van der Waals surface area contributed by atoms with Crippen LogP contribution in [0.4, 0.5) is 0 Å². The number of hydrogen-bond acceptors (Lipinski definition) is 4. The number of aryl methyl sites for hydroxylation is 1. The summed E-state index contributed by atoms with van der Waals surface area (Å²) >= 11 is 1.36. The maximum absolute atomic E-state index is 10.2. The maximum atomic E-state index is 10.2. The van der Waals surface area contributed by atoms with Gasteiger partial charge in [-0.3, -0.25) is 0 Å². The Balaban J connectivity index is 2.71. The monoisotopic (exact) mass is 207 g/mol. The summed E-state index contributed by atoms with van der Waals surface area (Å²) in [6, 6.07) is 3.51. The number of aliphatic hydroxyl groups excluding tert-OH is 1. The van der Waals surface area contributed by atoms with E-state index < -0.39 is 17.1 Å². The molecule has 4 nitrogen and oxygen atoms in total. The summed E-state index contributed by atoms with van der Waals surface area (Å²) in [6.45, 7) is 1.89. The average Bonchev–Trinajstić information content (AvgIpc) is 2.34. The van der Waals surface area contributed by atoms with Crippen LogP contribution < -0.4 is 4.72 Å². The number of thiol groups is 1. The van der Waals surface area contributed by atoms with Crippen LogP contribution in [0, 0.1) is 6.92 Å². The zero-order chi connectivity index (χ0) is 9.14. The van der Waals surface area contributed by atoms with Crippen molar-refractivity contribution in [2.45, 2.75) is 13.2 Å². The van der Waals surface area contributed by atoms with Crippen molar-refractivity contribution >= 4 is 22.2 Å². The van der Waals surface area contributed by atoms with E-state index >= 15 is 0 Å². The van der Waals surface area contributed by atoms with Gasteiger partial charge < -0.3 is 5.11 Å². The molecule has 12 heavy (non-hydrogen) atoms. The average molecular weight is 207 g/mol. The summed E-state index contributed by atoms with van der Waals surface area (Å²) in [5.74, 6) is 0. The fourth-order valence-electron chi connectivity index (χ4n) is 0.764. The minimum Gasteiger partial charge on any atom is -0.372 e. The van der Waals surface area contributed by atoms with Crippen molar-refractivity contribution in [3.8, 4) is 0 Å². The van der Waals surface area contributed by atoms with Crippen molar-refractivity contribution in [1.82, 2.24) is 4.72 Å². The number of hydrogen-bond donors (Lipinski definition) is 3. The summed E-state index contributed by atoms with van der Waals surface area (Å²) in [7, 11) is -2.75. The zero-order valence-electron chi connectivity index (χ0n) is 6.35. The molecule has 0 amide bonds. The number of aliphatic hydroxyl groups is 1. The molecule has 6 heteroatoms. The van der Waals surface area contributed by atoms with Gasteiger partial charge in [0, 0.05) is 9.75 Å². The second-order valence-electron chi connectivity index (χ2n) is 2.24. The lowest BCUT2D eigenvalue weighted by Gasteiger charge is -2.03. The van der Waals surface area contributed by atoms with Crippen LogP contribution in [0.1, 0.15) is 16.0 Å². The first-order valence-electron chi connectivity index (χ1n) is 3.24. The van der Waals surface area contributed by atoms with Gasteiger partial charge in [0.15, 0.2) is 6.23 Å². The third kappa shape index (κ3) is 2.56. The number of rotatable bonds is 3. The normalized spacial score (nSPS) is 13.6. The molecule has 0 aliphatic carbocycles. The standard InChI is InChI=1S/C6H9NO3S2/c1-4-2-3-5(11-4)6(8)7-12(9)10/h2-3,6,8,12H,1H3,(H,7,9,10). The Morgan fingerprint density at radius 2 is 2.25 bits per heavy atom. The molecular formula is C6H9NO3S2. The van der Waals surface area contributed by atoms with Crippen LogP contribution >= 0.6 is 11.3 Å². The molecule has 0 saturated carbocycles. The highest BCUT2D eigenvalue weighted by atomic mass is 32.2. The molecule has 1 unspecified atom stereocenters. The van der Waals surface area contributed by atoms with Crippen molar-refractivity contribution < 1.29 is 13.5 Å². The van der Waals surface area contributed by atoms with E-state index in [0.29, 0.717) is 4.88 Å². The van der Waals surface area contributed by atoms with E-state index in [1.807, 2.05) is 17.7 Å². The Bertz CT molecular complexity index is 323. The van der Waals surface area contributed by atoms with Crippen LogP contribution in [0.15, 0.2) is 12.1 Å². The van der Waals surface area contributed by atoms with Crippen LogP contribution in [0.25, 0.3) is 0 Å². The number of thiophene rings is 1. The Morgan fingerprint density at radius 3 is 2.67 bits per heavy atom. The SMILES string of the molecule is Cc1ccc(C(O)N[SH](=O)=O)s1. The Kier molecular flexibility index (Phi) is 3.21. The minimum absolute atomic E-state index is 0.603. The quantitative estimate of drug-likeness (QED) is 0.489. The highest BCUT2D eigenvalue weighted by Gasteiger charge is 2.08. The van der Waals surface area contributed by atoms with Gasteiger partial charge in [0.05, 0.1) is 0 Å². The second kappa shape index (κ2) is 3.99. The summed E-state index contributed by atoms with van der Waals surface area (Å²) < 4.78 is 22.3. The molecule has 2 N–H and O–H groups in total. The van der Waals surface area contributed by atoms with E-state index in [-0.39, 0.29) is 0 Å². The van der Waals surface area contributed by atoms with Gasteiger partial charge in [-0.15, -0.1) is 11.3 Å². The van der Waals surface area contributed by atoms with Gasteiger partial charge in [0.2, 0.25) is 10.9 Å². The van der Waals surface area contributed by atoms with Crippen molar-refractivity contribution in [2.24, 2.45) is 0 Å². The van der Waals surface area contributed by atoms with Crippen molar-refractivity contribution in [3.05, 3.63) is 21.9 Å². The molecule has 1 rings (SSSR count). The molecule has 0 saturated heterocycles. The lowest BCUT2D eigenvalue weighted by atomic mass is 10.4. The van der Waals surface area contributed by atoms with E-state index in [2.05, 4.69) is 0 Å². The molecule has 0 radical (unpaired) electrons. The Hall–Kier alpha value is -0.430. The summed E-state index contributed by atoms with van der Waals surface area (Å²) in [4.78, 5) is 1.64. The number of nitrogens with one attached hydrogen (secondary N) is 1. The molecule has 0 bridgehead atoms.